The van der Waals surface area contributed by atoms with Gasteiger partial charge in [0, 0.05) is 44.5 Å². The molecule has 1 fully saturated rings. The number of anilines is 1. The molecular weight excluding hydrogens is 440 g/mol. The minimum absolute atomic E-state index is 0.119. The third-order valence-electron chi connectivity index (χ3n) is 6.33. The molecule has 2 N–H and O–H groups in total. The van der Waals surface area contributed by atoms with E-state index in [0.717, 1.165) is 29.5 Å². The molecule has 2 aromatic carbocycles. The second-order valence-electron chi connectivity index (χ2n) is 8.92. The van der Waals surface area contributed by atoms with E-state index in [1.54, 1.807) is 37.2 Å². The molecular formula is C24H30N4O4S. The van der Waals surface area contributed by atoms with Crippen LogP contribution < -0.4 is 10.0 Å². The van der Waals surface area contributed by atoms with Crippen molar-refractivity contribution < 1.29 is 18.0 Å². The number of rotatable bonds is 5. The summed E-state index contributed by atoms with van der Waals surface area (Å²) < 4.78 is 29.3. The minimum Gasteiger partial charge on any atom is -0.331 e. The van der Waals surface area contributed by atoms with E-state index >= 15 is 0 Å². The van der Waals surface area contributed by atoms with Gasteiger partial charge in [0.15, 0.2) is 0 Å². The summed E-state index contributed by atoms with van der Waals surface area (Å²) in [6.45, 7) is 2.76. The lowest BCUT2D eigenvalue weighted by Crippen LogP contribution is -2.41. The highest BCUT2D eigenvalue weighted by molar-refractivity contribution is 7.89. The fourth-order valence-electron chi connectivity index (χ4n) is 4.66. The predicted octanol–water partition coefficient (Wildman–Crippen LogP) is 2.77. The maximum atomic E-state index is 13.2. The first-order valence-electron chi connectivity index (χ1n) is 11.2. The van der Waals surface area contributed by atoms with Gasteiger partial charge >= 0.3 is 6.03 Å². The van der Waals surface area contributed by atoms with Gasteiger partial charge in [0.1, 0.15) is 0 Å². The Balaban J connectivity index is 1.53. The maximum Gasteiger partial charge on any atom is 0.319 e. The molecule has 1 heterocycles. The summed E-state index contributed by atoms with van der Waals surface area (Å²) in [4.78, 5) is 28.4. The number of aryl methyl sites for hydroxylation is 1. The van der Waals surface area contributed by atoms with Crippen LogP contribution in [0.25, 0.3) is 0 Å². The van der Waals surface area contributed by atoms with Crippen LogP contribution in [0.4, 0.5) is 10.5 Å². The second kappa shape index (κ2) is 9.15. The van der Waals surface area contributed by atoms with Gasteiger partial charge < -0.3 is 15.1 Å². The molecule has 0 spiro atoms. The van der Waals surface area contributed by atoms with E-state index in [1.807, 2.05) is 25.1 Å². The Bertz CT molecular complexity index is 1190. The number of amides is 3. The van der Waals surface area contributed by atoms with Crippen molar-refractivity contribution >= 4 is 27.6 Å². The average Bonchev–Trinajstić information content (AvgIpc) is 3.43. The van der Waals surface area contributed by atoms with E-state index in [9.17, 15) is 18.0 Å². The van der Waals surface area contributed by atoms with Gasteiger partial charge in [-0.15, -0.1) is 0 Å². The lowest BCUT2D eigenvalue weighted by atomic mass is 10.1. The summed E-state index contributed by atoms with van der Waals surface area (Å²) in [5.74, 6) is -0.201. The second-order valence-corrected chi connectivity index (χ2v) is 10.6. The molecule has 2 aromatic rings. The topological polar surface area (TPSA) is 98.8 Å². The fourth-order valence-corrected chi connectivity index (χ4v) is 6.21. The summed E-state index contributed by atoms with van der Waals surface area (Å²) in [5, 5.41) is 2.98. The normalized spacial score (nSPS) is 17.7. The number of hydrogen-bond acceptors (Lipinski definition) is 4. The van der Waals surface area contributed by atoms with Crippen LogP contribution in [0, 0.1) is 6.92 Å². The van der Waals surface area contributed by atoms with Crippen molar-refractivity contribution in [2.45, 2.75) is 43.5 Å². The van der Waals surface area contributed by atoms with E-state index < -0.39 is 10.0 Å². The number of nitrogens with zero attached hydrogens (tertiary/aromatic N) is 2. The molecule has 8 nitrogen and oxygen atoms in total. The lowest BCUT2D eigenvalue weighted by molar-refractivity contribution is 0.102. The first-order valence-corrected chi connectivity index (χ1v) is 12.7. The van der Waals surface area contributed by atoms with Crippen LogP contribution >= 0.6 is 0 Å². The number of hydrogen-bond donors (Lipinski definition) is 2. The van der Waals surface area contributed by atoms with Crippen LogP contribution in [0.1, 0.15) is 39.9 Å². The van der Waals surface area contributed by atoms with Crippen molar-refractivity contribution in [1.29, 1.82) is 0 Å². The van der Waals surface area contributed by atoms with Crippen molar-refractivity contribution in [2.24, 2.45) is 0 Å². The van der Waals surface area contributed by atoms with Crippen LogP contribution in [0.15, 0.2) is 41.3 Å². The zero-order valence-electron chi connectivity index (χ0n) is 19.2. The summed E-state index contributed by atoms with van der Waals surface area (Å²) in [5.41, 5.74) is 3.80. The summed E-state index contributed by atoms with van der Waals surface area (Å²) in [7, 11) is -0.390. The Morgan fingerprint density at radius 3 is 2.52 bits per heavy atom. The van der Waals surface area contributed by atoms with Crippen molar-refractivity contribution in [1.82, 2.24) is 14.5 Å². The van der Waals surface area contributed by atoms with Crippen LogP contribution in [0.2, 0.25) is 0 Å². The third kappa shape index (κ3) is 4.74. The Hall–Kier alpha value is -2.91. The van der Waals surface area contributed by atoms with E-state index in [2.05, 4.69) is 10.0 Å². The van der Waals surface area contributed by atoms with E-state index in [1.165, 1.54) is 4.90 Å². The van der Waals surface area contributed by atoms with E-state index in [0.29, 0.717) is 37.2 Å². The highest BCUT2D eigenvalue weighted by atomic mass is 32.2. The Morgan fingerprint density at radius 1 is 1.06 bits per heavy atom. The van der Waals surface area contributed by atoms with Crippen LogP contribution in [-0.4, -0.2) is 63.4 Å². The van der Waals surface area contributed by atoms with Gasteiger partial charge in [-0.3, -0.25) is 4.79 Å². The van der Waals surface area contributed by atoms with Gasteiger partial charge in [-0.1, -0.05) is 18.2 Å². The van der Waals surface area contributed by atoms with Crippen LogP contribution in [-0.2, 0) is 22.9 Å². The minimum atomic E-state index is -3.76. The molecule has 1 atom stereocenters. The number of urea groups is 1. The maximum absolute atomic E-state index is 13.2. The Kier molecular flexibility index (Phi) is 6.45. The molecule has 2 aliphatic rings. The van der Waals surface area contributed by atoms with Gasteiger partial charge in [-0.05, 0) is 67.5 Å². The zero-order chi connectivity index (χ0) is 23.8. The van der Waals surface area contributed by atoms with Crippen molar-refractivity contribution in [3.8, 4) is 0 Å². The van der Waals surface area contributed by atoms with Crippen molar-refractivity contribution in [2.75, 3.05) is 32.5 Å². The molecule has 4 rings (SSSR count). The molecule has 1 unspecified atom stereocenters. The molecule has 0 saturated carbocycles. The third-order valence-corrected chi connectivity index (χ3v) is 7.94. The quantitative estimate of drug-likeness (QED) is 0.702. The number of carbonyl (C=O) groups excluding carboxylic acids is 2. The molecule has 1 aliphatic heterocycles. The smallest absolute Gasteiger partial charge is 0.319 e. The molecule has 33 heavy (non-hydrogen) atoms. The first kappa shape index (κ1) is 23.3. The monoisotopic (exact) mass is 470 g/mol. The average molecular weight is 471 g/mol. The molecule has 0 radical (unpaired) electrons. The summed E-state index contributed by atoms with van der Waals surface area (Å²) >= 11 is 0. The Morgan fingerprint density at radius 2 is 1.79 bits per heavy atom. The number of benzene rings is 2. The van der Waals surface area contributed by atoms with Gasteiger partial charge in [0.05, 0.1) is 4.90 Å². The molecule has 0 aromatic heterocycles. The molecule has 1 aliphatic carbocycles. The molecule has 1 saturated heterocycles. The first-order chi connectivity index (χ1) is 15.7. The summed E-state index contributed by atoms with van der Waals surface area (Å²) in [6, 6.07) is 10.2. The Labute approximate surface area is 195 Å². The van der Waals surface area contributed by atoms with Crippen LogP contribution in [0.3, 0.4) is 0 Å². The molecule has 9 heteroatoms. The van der Waals surface area contributed by atoms with E-state index in [-0.39, 0.29) is 22.9 Å². The molecule has 176 valence electrons. The van der Waals surface area contributed by atoms with Crippen LogP contribution in [0.5, 0.6) is 0 Å². The number of carbonyl (C=O) groups is 2. The van der Waals surface area contributed by atoms with Gasteiger partial charge in [0.25, 0.3) is 5.91 Å². The lowest BCUT2D eigenvalue weighted by Gasteiger charge is -2.21. The fraction of sp³-hybridized carbons (Fsp3) is 0.417. The predicted molar refractivity (Wildman–Crippen MR) is 127 cm³/mol. The molecule has 0 bridgehead atoms. The summed E-state index contributed by atoms with van der Waals surface area (Å²) in [6.07, 6.45) is 2.78. The van der Waals surface area contributed by atoms with Crippen molar-refractivity contribution in [3.63, 3.8) is 0 Å². The standard InChI is InChI=1S/C24H30N4O4S/c1-16-7-4-5-8-18(16)23(29)25-21-11-12-22(20-10-6-9-19(20)21)33(31,32)26-17-13-14-28(15-17)24(30)27(2)3/h4-5,7-8,11-12,17,26H,6,9-10,13-15H2,1-3H3,(H,25,29). The highest BCUT2D eigenvalue weighted by Gasteiger charge is 2.33. The highest BCUT2D eigenvalue weighted by Crippen LogP contribution is 2.34. The van der Waals surface area contributed by atoms with Crippen molar-refractivity contribution in [3.05, 3.63) is 58.7 Å². The van der Waals surface area contributed by atoms with E-state index in [4.69, 9.17) is 0 Å². The SMILES string of the molecule is Cc1ccccc1C(=O)Nc1ccc(S(=O)(=O)NC2CCN(C(=O)N(C)C)C2)c2c1CCC2. The van der Waals surface area contributed by atoms with Gasteiger partial charge in [-0.2, -0.15) is 0 Å². The number of fused-ring (bicyclic) bond motifs is 1. The largest absolute Gasteiger partial charge is 0.331 e. The van der Waals surface area contributed by atoms with Gasteiger partial charge in [0.2, 0.25) is 10.0 Å². The number of nitrogens with one attached hydrogen (secondary N) is 2. The molecule has 3 amide bonds. The number of likely N-dealkylation sites (tertiary alicyclic amines) is 1. The number of sulfonamides is 1. The van der Waals surface area contributed by atoms with Gasteiger partial charge in [-0.25, -0.2) is 17.9 Å². The zero-order valence-corrected chi connectivity index (χ0v) is 20.0.